The molecular weight excluding hydrogens is 474 g/mol. The van der Waals surface area contributed by atoms with Crippen LogP contribution in [0, 0.1) is 11.7 Å². The highest BCUT2D eigenvalue weighted by molar-refractivity contribution is 7.91. The van der Waals surface area contributed by atoms with Crippen molar-refractivity contribution in [2.75, 3.05) is 29.6 Å². The molecular formula is C24H28F2N6O2S. The highest BCUT2D eigenvalue weighted by atomic mass is 32.2. The molecule has 11 heteroatoms. The van der Waals surface area contributed by atoms with Gasteiger partial charge in [-0.3, -0.25) is 9.48 Å². The molecule has 0 aliphatic carbocycles. The van der Waals surface area contributed by atoms with Crippen LogP contribution in [0.4, 0.5) is 20.3 Å². The van der Waals surface area contributed by atoms with E-state index in [1.165, 1.54) is 12.3 Å². The molecule has 1 amide bonds. The van der Waals surface area contributed by atoms with Crippen molar-refractivity contribution in [1.29, 1.82) is 4.78 Å². The van der Waals surface area contributed by atoms with Crippen LogP contribution in [0.3, 0.4) is 0 Å². The number of rotatable bonds is 5. The summed E-state index contributed by atoms with van der Waals surface area (Å²) < 4.78 is 49.8. The third kappa shape index (κ3) is 5.67. The van der Waals surface area contributed by atoms with E-state index in [4.69, 9.17) is 9.76 Å². The summed E-state index contributed by atoms with van der Waals surface area (Å²) in [5.41, 5.74) is 2.66. The predicted octanol–water partition coefficient (Wildman–Crippen LogP) is 4.70. The van der Waals surface area contributed by atoms with Gasteiger partial charge in [-0.05, 0) is 43.2 Å². The van der Waals surface area contributed by atoms with Crippen LogP contribution in [0.5, 0.6) is 0 Å². The number of amides is 1. The number of nitrogens with zero attached hydrogens (tertiary/aromatic N) is 4. The Kier molecular flexibility index (Phi) is 6.63. The van der Waals surface area contributed by atoms with Gasteiger partial charge in [0.05, 0.1) is 27.2 Å². The average molecular weight is 503 g/mol. The van der Waals surface area contributed by atoms with Gasteiger partial charge in [0.15, 0.2) is 0 Å². The van der Waals surface area contributed by atoms with E-state index in [0.717, 1.165) is 5.56 Å². The molecule has 1 aliphatic rings. The number of carbonyl (C=O) groups is 1. The number of aromatic nitrogens is 3. The Morgan fingerprint density at radius 3 is 2.69 bits per heavy atom. The molecule has 0 radical (unpaired) electrons. The molecule has 2 aromatic heterocycles. The molecule has 0 saturated carbocycles. The van der Waals surface area contributed by atoms with Crippen LogP contribution < -0.4 is 10.2 Å². The van der Waals surface area contributed by atoms with Gasteiger partial charge < -0.3 is 10.2 Å². The average Bonchev–Trinajstić information content (AvgIpc) is 3.12. The molecule has 2 N–H and O–H groups in total. The maximum Gasteiger partial charge on any atom is 0.259 e. The number of pyridine rings is 1. The van der Waals surface area contributed by atoms with Gasteiger partial charge in [0, 0.05) is 61.6 Å². The van der Waals surface area contributed by atoms with Gasteiger partial charge in [0.2, 0.25) is 5.92 Å². The number of carbonyl (C=O) groups excluding carboxylic acids is 1. The molecule has 1 aliphatic heterocycles. The highest BCUT2D eigenvalue weighted by Crippen LogP contribution is 2.33. The molecule has 1 fully saturated rings. The van der Waals surface area contributed by atoms with Crippen molar-refractivity contribution in [2.45, 2.75) is 37.0 Å². The van der Waals surface area contributed by atoms with Crippen molar-refractivity contribution in [3.63, 3.8) is 0 Å². The van der Waals surface area contributed by atoms with E-state index in [9.17, 15) is 17.8 Å². The van der Waals surface area contributed by atoms with E-state index in [0.29, 0.717) is 34.2 Å². The minimum atomic E-state index is -2.96. The van der Waals surface area contributed by atoms with E-state index in [1.54, 1.807) is 60.2 Å². The maximum atomic E-state index is 14.1. The van der Waals surface area contributed by atoms with E-state index in [2.05, 4.69) is 10.4 Å². The first kappa shape index (κ1) is 24.8. The number of anilines is 2. The summed E-state index contributed by atoms with van der Waals surface area (Å²) in [6.07, 6.45) is 4.53. The first-order chi connectivity index (χ1) is 16.4. The van der Waals surface area contributed by atoms with Crippen LogP contribution in [0.2, 0.25) is 0 Å². The molecule has 1 saturated heterocycles. The molecule has 0 spiro atoms. The van der Waals surface area contributed by atoms with Gasteiger partial charge in [-0.1, -0.05) is 6.07 Å². The molecule has 186 valence electrons. The molecule has 35 heavy (non-hydrogen) atoms. The predicted molar refractivity (Wildman–Crippen MR) is 132 cm³/mol. The molecule has 0 bridgehead atoms. The first-order valence-electron chi connectivity index (χ1n) is 11.2. The third-order valence-corrected chi connectivity index (χ3v) is 7.14. The Labute approximate surface area is 203 Å². The summed E-state index contributed by atoms with van der Waals surface area (Å²) in [4.78, 5) is 20.3. The Morgan fingerprint density at radius 2 is 2.00 bits per heavy atom. The lowest BCUT2D eigenvalue weighted by atomic mass is 10.0. The van der Waals surface area contributed by atoms with Crippen LogP contribution in [0.1, 0.15) is 35.2 Å². The first-order valence-corrected chi connectivity index (χ1v) is 13.2. The quantitative estimate of drug-likeness (QED) is 0.526. The Balaban J connectivity index is 1.76. The second kappa shape index (κ2) is 9.37. The molecule has 4 rings (SSSR count). The van der Waals surface area contributed by atoms with E-state index < -0.39 is 21.6 Å². The van der Waals surface area contributed by atoms with Crippen molar-refractivity contribution in [3.8, 4) is 11.3 Å². The van der Waals surface area contributed by atoms with Crippen molar-refractivity contribution >= 4 is 27.1 Å². The highest BCUT2D eigenvalue weighted by Gasteiger charge is 2.33. The largest absolute Gasteiger partial charge is 0.356 e. The maximum absolute atomic E-state index is 14.1. The number of nitrogens with one attached hydrogen (secondary N) is 2. The summed E-state index contributed by atoms with van der Waals surface area (Å²) >= 11 is 0. The Hall–Kier alpha value is -3.34. The number of alkyl halides is 2. The number of aryl methyl sites for hydroxylation is 2. The SMILES string of the molecule is Cc1cc(-c2cnn(C)c2)nc(N2CCCC(F)(F)CC2)c1C(=O)Nc1cccc([S@](C)(=N)=O)c1. The van der Waals surface area contributed by atoms with Crippen LogP contribution in [-0.2, 0) is 16.8 Å². The number of hydrogen-bond acceptors (Lipinski definition) is 6. The fraction of sp³-hybridized carbons (Fsp3) is 0.375. The normalized spacial score (nSPS) is 17.5. The van der Waals surface area contributed by atoms with Crippen molar-refractivity contribution in [2.24, 2.45) is 7.05 Å². The number of hydrogen-bond donors (Lipinski definition) is 2. The molecule has 0 unspecified atom stereocenters. The topological polar surface area (TPSA) is 104 Å². The molecule has 1 aromatic carbocycles. The zero-order valence-corrected chi connectivity index (χ0v) is 20.7. The van der Waals surface area contributed by atoms with Gasteiger partial charge >= 0.3 is 0 Å². The van der Waals surface area contributed by atoms with Crippen LogP contribution in [0.25, 0.3) is 11.3 Å². The summed E-state index contributed by atoms with van der Waals surface area (Å²) in [7, 11) is -1.17. The van der Waals surface area contributed by atoms with E-state index in [1.807, 2.05) is 0 Å². The lowest BCUT2D eigenvalue weighted by Crippen LogP contribution is -2.30. The second-order valence-corrected chi connectivity index (χ2v) is 11.1. The smallest absolute Gasteiger partial charge is 0.259 e. The van der Waals surface area contributed by atoms with Gasteiger partial charge in [0.1, 0.15) is 5.82 Å². The van der Waals surface area contributed by atoms with Crippen molar-refractivity contribution in [3.05, 3.63) is 53.9 Å². The standard InChI is InChI=1S/C24H28F2N6O2S/c1-16-12-20(17-14-28-31(2)15-17)30-22(32-10-5-8-24(25,26)9-11-32)21(16)23(33)29-18-6-4-7-19(13-18)35(3,27)34/h4,6-7,12-15,27H,5,8-11H2,1-3H3,(H,29,33)/t35-/m1/s1. The Morgan fingerprint density at radius 1 is 1.23 bits per heavy atom. The van der Waals surface area contributed by atoms with Gasteiger partial charge in [0.25, 0.3) is 5.91 Å². The lowest BCUT2D eigenvalue weighted by Gasteiger charge is -2.25. The fourth-order valence-electron chi connectivity index (χ4n) is 4.15. The molecule has 8 nitrogen and oxygen atoms in total. The van der Waals surface area contributed by atoms with E-state index in [-0.39, 0.29) is 31.4 Å². The molecule has 3 heterocycles. The summed E-state index contributed by atoms with van der Waals surface area (Å²) in [5, 5.41) is 6.99. The monoisotopic (exact) mass is 502 g/mol. The van der Waals surface area contributed by atoms with Crippen molar-refractivity contribution in [1.82, 2.24) is 14.8 Å². The summed E-state index contributed by atoms with van der Waals surface area (Å²) in [6, 6.07) is 8.12. The summed E-state index contributed by atoms with van der Waals surface area (Å²) in [6.45, 7) is 2.21. The summed E-state index contributed by atoms with van der Waals surface area (Å²) in [5.74, 6) is -2.87. The second-order valence-electron chi connectivity index (χ2n) is 8.95. The van der Waals surface area contributed by atoms with Crippen LogP contribution >= 0.6 is 0 Å². The lowest BCUT2D eigenvalue weighted by molar-refractivity contribution is -0.0102. The third-order valence-electron chi connectivity index (χ3n) is 5.98. The van der Waals surface area contributed by atoms with Gasteiger partial charge in [-0.2, -0.15) is 5.10 Å². The molecule has 1 atom stereocenters. The minimum absolute atomic E-state index is 0.0719. The van der Waals surface area contributed by atoms with Crippen molar-refractivity contribution < 1.29 is 17.8 Å². The fourth-order valence-corrected chi connectivity index (χ4v) is 4.84. The zero-order chi connectivity index (χ0) is 25.4. The number of halogens is 2. The van der Waals surface area contributed by atoms with Gasteiger partial charge in [-0.25, -0.2) is 22.8 Å². The van der Waals surface area contributed by atoms with Crippen LogP contribution in [0.15, 0.2) is 47.6 Å². The minimum Gasteiger partial charge on any atom is -0.356 e. The molecule has 3 aromatic rings. The van der Waals surface area contributed by atoms with Gasteiger partial charge in [-0.15, -0.1) is 0 Å². The van der Waals surface area contributed by atoms with E-state index >= 15 is 0 Å². The van der Waals surface area contributed by atoms with Crippen LogP contribution in [-0.4, -0.2) is 50.1 Å². The number of benzene rings is 1. The zero-order valence-electron chi connectivity index (χ0n) is 19.8. The Bertz CT molecular complexity index is 1370.